The van der Waals surface area contributed by atoms with Crippen molar-refractivity contribution in [1.29, 1.82) is 0 Å². The van der Waals surface area contributed by atoms with E-state index in [1.165, 1.54) is 0 Å². The van der Waals surface area contributed by atoms with Gasteiger partial charge >= 0.3 is 0 Å². The average Bonchev–Trinajstić information content (AvgIpc) is 2.42. The number of carbonyl (C=O) groups is 1. The zero-order valence-electron chi connectivity index (χ0n) is 7.51. The second-order valence-corrected chi connectivity index (χ2v) is 3.22. The highest BCUT2D eigenvalue weighted by atomic mass is 16.3. The highest BCUT2D eigenvalue weighted by Crippen LogP contribution is 2.31. The number of amides is 1. The Morgan fingerprint density at radius 3 is 2.85 bits per heavy atom. The molecule has 0 atom stereocenters. The maximum absolute atomic E-state index is 11.0. The number of nitrogens with zero attached hydrogens (tertiary/aromatic N) is 1. The molecule has 2 rings (SSSR count). The van der Waals surface area contributed by atoms with Crippen LogP contribution in [-0.2, 0) is 11.2 Å². The van der Waals surface area contributed by atoms with Gasteiger partial charge in [0.2, 0.25) is 5.91 Å². The van der Waals surface area contributed by atoms with Crippen molar-refractivity contribution in [3.63, 3.8) is 0 Å². The first-order chi connectivity index (χ1) is 6.09. The molecule has 0 fully saturated rings. The molecule has 0 spiro atoms. The molecule has 1 aromatic rings. The molecule has 0 saturated carbocycles. The molecule has 1 aromatic heterocycles. The van der Waals surface area contributed by atoms with Crippen LogP contribution in [0.3, 0.4) is 0 Å². The topological polar surface area (TPSA) is 62.2 Å². The third kappa shape index (κ3) is 1.06. The van der Waals surface area contributed by atoms with Crippen LogP contribution in [0.25, 0.3) is 0 Å². The number of hydrogen-bond donors (Lipinski definition) is 2. The van der Waals surface area contributed by atoms with Gasteiger partial charge in [0.05, 0.1) is 12.1 Å². The molecular weight excluding hydrogens is 168 g/mol. The molecule has 0 saturated heterocycles. The molecule has 68 valence electrons. The van der Waals surface area contributed by atoms with Crippen molar-refractivity contribution in [2.75, 3.05) is 5.32 Å². The highest BCUT2D eigenvalue weighted by Gasteiger charge is 2.23. The van der Waals surface area contributed by atoms with E-state index >= 15 is 0 Å². The predicted molar refractivity (Wildman–Crippen MR) is 47.7 cm³/mol. The van der Waals surface area contributed by atoms with Crippen molar-refractivity contribution in [2.24, 2.45) is 0 Å². The predicted octanol–water partition coefficient (Wildman–Crippen LogP) is 0.899. The summed E-state index contributed by atoms with van der Waals surface area (Å²) in [5.74, 6) is 0.726. The summed E-state index contributed by atoms with van der Waals surface area (Å²) in [4.78, 5) is 15.1. The van der Waals surface area contributed by atoms with Crippen molar-refractivity contribution in [1.82, 2.24) is 4.98 Å². The van der Waals surface area contributed by atoms with Crippen LogP contribution in [0, 0.1) is 13.8 Å². The van der Waals surface area contributed by atoms with E-state index in [1.807, 2.05) is 0 Å². The summed E-state index contributed by atoms with van der Waals surface area (Å²) in [7, 11) is 0. The van der Waals surface area contributed by atoms with Gasteiger partial charge in [-0.25, -0.2) is 4.98 Å². The fourth-order valence-electron chi connectivity index (χ4n) is 1.54. The smallest absolute Gasteiger partial charge is 0.230 e. The SMILES string of the molecule is Cc1nc2c(c(C)c1O)CC(=O)N2. The van der Waals surface area contributed by atoms with E-state index in [2.05, 4.69) is 10.3 Å². The van der Waals surface area contributed by atoms with Gasteiger partial charge in [-0.15, -0.1) is 0 Å². The van der Waals surface area contributed by atoms with Crippen molar-refractivity contribution < 1.29 is 9.90 Å². The number of aromatic hydroxyl groups is 1. The van der Waals surface area contributed by atoms with Crippen LogP contribution in [0.4, 0.5) is 5.82 Å². The summed E-state index contributed by atoms with van der Waals surface area (Å²) in [6, 6.07) is 0. The second-order valence-electron chi connectivity index (χ2n) is 3.22. The normalized spacial score (nSPS) is 14.2. The molecule has 0 aliphatic carbocycles. The van der Waals surface area contributed by atoms with Crippen LogP contribution in [-0.4, -0.2) is 16.0 Å². The summed E-state index contributed by atoms with van der Waals surface area (Å²) < 4.78 is 0. The molecule has 1 aliphatic heterocycles. The molecule has 4 nitrogen and oxygen atoms in total. The Balaban J connectivity index is 2.66. The average molecular weight is 178 g/mol. The third-order valence-corrected chi connectivity index (χ3v) is 2.31. The Morgan fingerprint density at radius 1 is 1.46 bits per heavy atom. The number of carbonyl (C=O) groups excluding carboxylic acids is 1. The van der Waals surface area contributed by atoms with E-state index in [9.17, 15) is 9.90 Å². The van der Waals surface area contributed by atoms with Gasteiger partial charge in [-0.05, 0) is 13.8 Å². The Bertz CT molecular complexity index is 399. The monoisotopic (exact) mass is 178 g/mol. The number of nitrogens with one attached hydrogen (secondary N) is 1. The zero-order chi connectivity index (χ0) is 9.59. The Hall–Kier alpha value is -1.58. The van der Waals surface area contributed by atoms with E-state index in [1.54, 1.807) is 13.8 Å². The van der Waals surface area contributed by atoms with Gasteiger partial charge in [0.25, 0.3) is 0 Å². The van der Waals surface area contributed by atoms with Crippen LogP contribution < -0.4 is 5.32 Å². The van der Waals surface area contributed by atoms with E-state index in [4.69, 9.17) is 0 Å². The zero-order valence-corrected chi connectivity index (χ0v) is 7.51. The Labute approximate surface area is 75.6 Å². The van der Waals surface area contributed by atoms with E-state index < -0.39 is 0 Å². The van der Waals surface area contributed by atoms with Gasteiger partial charge in [-0.2, -0.15) is 0 Å². The molecule has 0 bridgehead atoms. The minimum absolute atomic E-state index is 0.0596. The summed E-state index contributed by atoms with van der Waals surface area (Å²) in [6.07, 6.45) is 0.321. The van der Waals surface area contributed by atoms with E-state index in [0.29, 0.717) is 17.9 Å². The summed E-state index contributed by atoms with van der Waals surface area (Å²) >= 11 is 0. The van der Waals surface area contributed by atoms with E-state index in [0.717, 1.165) is 11.1 Å². The number of anilines is 1. The first-order valence-corrected chi connectivity index (χ1v) is 4.08. The van der Waals surface area contributed by atoms with Gasteiger partial charge in [-0.3, -0.25) is 4.79 Å². The second kappa shape index (κ2) is 2.45. The molecule has 2 heterocycles. The van der Waals surface area contributed by atoms with Crippen molar-refractivity contribution in [3.05, 3.63) is 16.8 Å². The molecule has 0 unspecified atom stereocenters. The van der Waals surface area contributed by atoms with Crippen molar-refractivity contribution in [3.8, 4) is 5.75 Å². The third-order valence-electron chi connectivity index (χ3n) is 2.31. The summed E-state index contributed by atoms with van der Waals surface area (Å²) in [5, 5.41) is 12.2. The molecule has 4 heteroatoms. The lowest BCUT2D eigenvalue weighted by molar-refractivity contribution is -0.115. The number of rotatable bonds is 0. The largest absolute Gasteiger partial charge is 0.506 e. The van der Waals surface area contributed by atoms with Crippen LogP contribution in [0.1, 0.15) is 16.8 Å². The number of aryl methyl sites for hydroxylation is 1. The van der Waals surface area contributed by atoms with Crippen molar-refractivity contribution >= 4 is 11.7 Å². The maximum atomic E-state index is 11.0. The first kappa shape index (κ1) is 8.04. The quantitative estimate of drug-likeness (QED) is 0.620. The van der Waals surface area contributed by atoms with Gasteiger partial charge < -0.3 is 10.4 Å². The lowest BCUT2D eigenvalue weighted by Gasteiger charge is -2.06. The molecule has 0 radical (unpaired) electrons. The first-order valence-electron chi connectivity index (χ1n) is 4.08. The minimum atomic E-state index is -0.0596. The summed E-state index contributed by atoms with van der Waals surface area (Å²) in [5.41, 5.74) is 2.12. The molecule has 13 heavy (non-hydrogen) atoms. The Kier molecular flexibility index (Phi) is 1.52. The standard InChI is InChI=1S/C9H10N2O2/c1-4-6-3-7(12)11-9(6)10-5(2)8(4)13/h13H,3H2,1-2H3,(H,10,11,12). The molecule has 1 aliphatic rings. The highest BCUT2D eigenvalue weighted by molar-refractivity contribution is 5.98. The number of aromatic nitrogens is 1. The lowest BCUT2D eigenvalue weighted by Crippen LogP contribution is -2.04. The van der Waals surface area contributed by atoms with Gasteiger partial charge in [-0.1, -0.05) is 0 Å². The summed E-state index contributed by atoms with van der Waals surface area (Å²) in [6.45, 7) is 3.51. The van der Waals surface area contributed by atoms with Crippen molar-refractivity contribution in [2.45, 2.75) is 20.3 Å². The van der Waals surface area contributed by atoms with Gasteiger partial charge in [0.1, 0.15) is 11.6 Å². The molecule has 0 aromatic carbocycles. The van der Waals surface area contributed by atoms with Gasteiger partial charge in [0.15, 0.2) is 0 Å². The van der Waals surface area contributed by atoms with Crippen LogP contribution in [0.5, 0.6) is 5.75 Å². The molecular formula is C9H10N2O2. The number of hydrogen-bond acceptors (Lipinski definition) is 3. The number of pyridine rings is 1. The number of fused-ring (bicyclic) bond motifs is 1. The van der Waals surface area contributed by atoms with Gasteiger partial charge in [0, 0.05) is 11.1 Å². The van der Waals surface area contributed by atoms with Crippen LogP contribution in [0.15, 0.2) is 0 Å². The van der Waals surface area contributed by atoms with E-state index in [-0.39, 0.29) is 11.7 Å². The fraction of sp³-hybridized carbons (Fsp3) is 0.333. The van der Waals surface area contributed by atoms with Crippen LogP contribution >= 0.6 is 0 Å². The van der Waals surface area contributed by atoms with Crippen LogP contribution in [0.2, 0.25) is 0 Å². The Morgan fingerprint density at radius 2 is 2.15 bits per heavy atom. The minimum Gasteiger partial charge on any atom is -0.506 e. The molecule has 2 N–H and O–H groups in total. The molecule has 1 amide bonds. The fourth-order valence-corrected chi connectivity index (χ4v) is 1.54. The maximum Gasteiger partial charge on any atom is 0.230 e. The lowest BCUT2D eigenvalue weighted by atomic mass is 10.1.